The second-order valence-electron chi connectivity index (χ2n) is 6.33. The molecule has 0 unspecified atom stereocenters. The van der Waals surface area contributed by atoms with Gasteiger partial charge in [-0.15, -0.1) is 0 Å². The van der Waals surface area contributed by atoms with Crippen molar-refractivity contribution < 1.29 is 9.59 Å². The molecule has 0 amide bonds. The van der Waals surface area contributed by atoms with Crippen molar-refractivity contribution in [2.75, 3.05) is 5.73 Å². The first-order chi connectivity index (χ1) is 10.7. The smallest absolute Gasteiger partial charge is 0.164 e. The van der Waals surface area contributed by atoms with Crippen molar-refractivity contribution in [2.45, 2.75) is 70.6 Å². The molecule has 2 bridgehead atoms. The van der Waals surface area contributed by atoms with Gasteiger partial charge in [-0.05, 0) is 31.0 Å². The van der Waals surface area contributed by atoms with E-state index in [4.69, 9.17) is 5.73 Å². The molecular weight excluding hydrogens is 274 g/mol. The summed E-state index contributed by atoms with van der Waals surface area (Å²) in [6, 6.07) is 5.15. The van der Waals surface area contributed by atoms with Gasteiger partial charge in [-0.25, -0.2) is 0 Å². The lowest BCUT2D eigenvalue weighted by Gasteiger charge is -2.09. The summed E-state index contributed by atoms with van der Waals surface area (Å²) in [7, 11) is 0. The average molecular weight is 301 g/mol. The van der Waals surface area contributed by atoms with Crippen LogP contribution in [0.4, 0.5) is 5.69 Å². The Balaban J connectivity index is 2.11. The zero-order valence-electron chi connectivity index (χ0n) is 13.4. The molecule has 1 aliphatic carbocycles. The van der Waals surface area contributed by atoms with Crippen LogP contribution in [0.3, 0.4) is 0 Å². The number of fused-ring (bicyclic) bond motifs is 2. The first kappa shape index (κ1) is 16.7. The highest BCUT2D eigenvalue weighted by molar-refractivity contribution is 6.04. The van der Waals surface area contributed by atoms with Crippen LogP contribution in [0.1, 0.15) is 91.3 Å². The van der Waals surface area contributed by atoms with Gasteiger partial charge in [0.05, 0.1) is 0 Å². The minimum atomic E-state index is 0.0687. The van der Waals surface area contributed by atoms with E-state index in [1.54, 1.807) is 18.2 Å². The second-order valence-corrected chi connectivity index (χ2v) is 6.33. The van der Waals surface area contributed by atoms with Crippen molar-refractivity contribution >= 4 is 17.3 Å². The van der Waals surface area contributed by atoms with Crippen LogP contribution in [-0.2, 0) is 0 Å². The van der Waals surface area contributed by atoms with Crippen LogP contribution >= 0.6 is 0 Å². The number of hydrogen-bond donors (Lipinski definition) is 1. The molecule has 120 valence electrons. The molecule has 0 aliphatic heterocycles. The third-order valence-corrected chi connectivity index (χ3v) is 4.48. The summed E-state index contributed by atoms with van der Waals surface area (Å²) < 4.78 is 0. The Kier molecular flexibility index (Phi) is 6.63. The number of carbonyl (C=O) groups is 2. The highest BCUT2D eigenvalue weighted by Gasteiger charge is 2.14. The van der Waals surface area contributed by atoms with Crippen LogP contribution in [0.15, 0.2) is 18.2 Å². The summed E-state index contributed by atoms with van der Waals surface area (Å²) in [6.45, 7) is 0. The Morgan fingerprint density at radius 3 is 1.77 bits per heavy atom. The topological polar surface area (TPSA) is 60.2 Å². The molecular formula is C19H27NO2. The molecule has 22 heavy (non-hydrogen) atoms. The minimum absolute atomic E-state index is 0.0687. The highest BCUT2D eigenvalue weighted by Crippen LogP contribution is 2.20. The van der Waals surface area contributed by atoms with Gasteiger partial charge in [0.15, 0.2) is 11.6 Å². The predicted molar refractivity (Wildman–Crippen MR) is 90.3 cm³/mol. The summed E-state index contributed by atoms with van der Waals surface area (Å²) in [4.78, 5) is 24.5. The van der Waals surface area contributed by atoms with Gasteiger partial charge >= 0.3 is 0 Å². The largest absolute Gasteiger partial charge is 0.398 e. The fraction of sp³-hybridized carbons (Fsp3) is 0.579. The van der Waals surface area contributed by atoms with E-state index in [2.05, 4.69) is 0 Å². The number of carbonyl (C=O) groups excluding carboxylic acids is 2. The molecule has 3 heteroatoms. The third-order valence-electron chi connectivity index (χ3n) is 4.48. The standard InChI is InChI=1S/C19H27NO2/c20-17-13-12-15-14-16(17)19(22)11-9-7-5-3-1-2-4-6-8-10-18(15)21/h12-14H,1-11,20H2. The minimum Gasteiger partial charge on any atom is -0.398 e. The normalized spacial score (nSPS) is 19.1. The maximum Gasteiger partial charge on any atom is 0.164 e. The zero-order valence-corrected chi connectivity index (χ0v) is 13.4. The molecule has 1 aromatic rings. The number of ketones is 2. The molecule has 0 heterocycles. The third kappa shape index (κ3) is 4.97. The number of Topliss-reactive ketones (excluding diaryl/α,β-unsaturated/α-hetero) is 2. The van der Waals surface area contributed by atoms with Crippen molar-refractivity contribution in [3.8, 4) is 0 Å². The van der Waals surface area contributed by atoms with Crippen LogP contribution < -0.4 is 5.73 Å². The van der Waals surface area contributed by atoms with Gasteiger partial charge in [-0.3, -0.25) is 9.59 Å². The molecule has 0 spiro atoms. The van der Waals surface area contributed by atoms with Crippen LogP contribution in [0.25, 0.3) is 0 Å². The quantitative estimate of drug-likeness (QED) is 0.690. The Morgan fingerprint density at radius 2 is 1.18 bits per heavy atom. The summed E-state index contributed by atoms with van der Waals surface area (Å²) >= 11 is 0. The summed E-state index contributed by atoms with van der Waals surface area (Å²) in [5.41, 5.74) is 7.56. The van der Waals surface area contributed by atoms with Crippen LogP contribution in [0, 0.1) is 0 Å². The Bertz CT molecular complexity index is 522. The predicted octanol–water partition coefficient (Wildman–Crippen LogP) is 4.94. The molecule has 0 saturated heterocycles. The van der Waals surface area contributed by atoms with Crippen molar-refractivity contribution in [3.63, 3.8) is 0 Å². The Hall–Kier alpha value is -1.64. The van der Waals surface area contributed by atoms with Gasteiger partial charge in [-0.1, -0.05) is 44.9 Å². The molecule has 2 rings (SSSR count). The molecule has 0 atom stereocenters. The molecule has 3 nitrogen and oxygen atoms in total. The van der Waals surface area contributed by atoms with Gasteiger partial charge in [0, 0.05) is 29.7 Å². The molecule has 0 radical (unpaired) electrons. The fourth-order valence-corrected chi connectivity index (χ4v) is 3.06. The number of anilines is 1. The number of benzene rings is 1. The van der Waals surface area contributed by atoms with Crippen LogP contribution in [0.2, 0.25) is 0 Å². The van der Waals surface area contributed by atoms with Gasteiger partial charge in [0.1, 0.15) is 0 Å². The van der Waals surface area contributed by atoms with E-state index in [1.165, 1.54) is 32.1 Å². The summed E-state index contributed by atoms with van der Waals surface area (Å²) in [5, 5.41) is 0. The van der Waals surface area contributed by atoms with E-state index in [0.717, 1.165) is 25.7 Å². The number of rotatable bonds is 0. The molecule has 2 N–H and O–H groups in total. The van der Waals surface area contributed by atoms with E-state index in [-0.39, 0.29) is 11.6 Å². The molecule has 1 aromatic carbocycles. The van der Waals surface area contributed by atoms with E-state index in [9.17, 15) is 9.59 Å². The van der Waals surface area contributed by atoms with Gasteiger partial charge < -0.3 is 5.73 Å². The Morgan fingerprint density at radius 1 is 0.682 bits per heavy atom. The van der Waals surface area contributed by atoms with Crippen molar-refractivity contribution in [2.24, 2.45) is 0 Å². The van der Waals surface area contributed by atoms with E-state index in [0.29, 0.717) is 29.7 Å². The second kappa shape index (κ2) is 8.72. The van der Waals surface area contributed by atoms with Gasteiger partial charge in [-0.2, -0.15) is 0 Å². The highest BCUT2D eigenvalue weighted by atomic mass is 16.1. The fourth-order valence-electron chi connectivity index (χ4n) is 3.06. The van der Waals surface area contributed by atoms with Crippen molar-refractivity contribution in [3.05, 3.63) is 29.3 Å². The average Bonchev–Trinajstić information content (AvgIpc) is 2.51. The van der Waals surface area contributed by atoms with E-state index in [1.807, 2.05) is 0 Å². The maximum atomic E-state index is 12.3. The lowest BCUT2D eigenvalue weighted by molar-refractivity contribution is 0.0978. The van der Waals surface area contributed by atoms with E-state index >= 15 is 0 Å². The molecule has 0 fully saturated rings. The lowest BCUT2D eigenvalue weighted by atomic mass is 9.96. The van der Waals surface area contributed by atoms with Crippen molar-refractivity contribution in [1.29, 1.82) is 0 Å². The number of hydrogen-bond acceptors (Lipinski definition) is 3. The van der Waals surface area contributed by atoms with Crippen LogP contribution in [-0.4, -0.2) is 11.6 Å². The van der Waals surface area contributed by atoms with Crippen LogP contribution in [0.5, 0.6) is 0 Å². The Labute approximate surface area is 133 Å². The summed E-state index contributed by atoms with van der Waals surface area (Å²) in [5.74, 6) is 0.195. The number of nitrogen functional groups attached to an aromatic ring is 1. The zero-order chi connectivity index (χ0) is 15.8. The van der Waals surface area contributed by atoms with Crippen molar-refractivity contribution in [1.82, 2.24) is 0 Å². The van der Waals surface area contributed by atoms with Gasteiger partial charge in [0.2, 0.25) is 0 Å². The lowest BCUT2D eigenvalue weighted by Crippen LogP contribution is -2.07. The monoisotopic (exact) mass is 301 g/mol. The molecule has 0 saturated carbocycles. The van der Waals surface area contributed by atoms with Gasteiger partial charge in [0.25, 0.3) is 0 Å². The maximum absolute atomic E-state index is 12.3. The SMILES string of the molecule is Nc1ccc2cc1C(=O)CCCCCCCCCCCC2=O. The number of nitrogens with two attached hydrogens (primary N) is 1. The first-order valence-corrected chi connectivity index (χ1v) is 8.64. The molecule has 0 aromatic heterocycles. The summed E-state index contributed by atoms with van der Waals surface area (Å²) in [6.07, 6.45) is 11.4. The van der Waals surface area contributed by atoms with E-state index < -0.39 is 0 Å². The molecule has 1 aliphatic rings. The first-order valence-electron chi connectivity index (χ1n) is 8.64.